The Morgan fingerprint density at radius 2 is 1.56 bits per heavy atom. The van der Waals surface area contributed by atoms with Crippen LogP contribution < -0.4 is 0 Å². The number of nitrogens with zero attached hydrogens (tertiary/aromatic N) is 1. The molecule has 0 aromatic heterocycles. The predicted octanol–water partition coefficient (Wildman–Crippen LogP) is 4.96. The number of carbonyl (C=O) groups excluding carboxylic acids is 1. The van der Waals surface area contributed by atoms with E-state index in [9.17, 15) is 18.3 Å². The summed E-state index contributed by atoms with van der Waals surface area (Å²) in [5, 5.41) is 9.81. The molecule has 0 saturated heterocycles. The highest BCUT2D eigenvalue weighted by Gasteiger charge is 2.67. The minimum Gasteiger partial charge on any atom is -0.458 e. The monoisotopic (exact) mass is 495 g/mol. The van der Waals surface area contributed by atoms with Crippen molar-refractivity contribution in [3.63, 3.8) is 0 Å². The number of hydrogen-bond acceptors (Lipinski definition) is 5. The Kier molecular flexibility index (Phi) is 7.58. The van der Waals surface area contributed by atoms with E-state index in [0.717, 1.165) is 64.2 Å². The first-order valence-electron chi connectivity index (χ1n) is 13.6. The van der Waals surface area contributed by atoms with E-state index >= 15 is 0 Å². The summed E-state index contributed by atoms with van der Waals surface area (Å²) in [5.41, 5.74) is -0.807. The summed E-state index contributed by atoms with van der Waals surface area (Å²) in [6.45, 7) is 9.53. The summed E-state index contributed by atoms with van der Waals surface area (Å²) in [4.78, 5) is 12.7. The first-order valence-corrected chi connectivity index (χ1v) is 15.2. The van der Waals surface area contributed by atoms with Gasteiger partial charge in [0.1, 0.15) is 6.10 Å². The highest BCUT2D eigenvalue weighted by atomic mass is 32.2. The SMILES string of the molecule is C=C(C(=O)O[C@@H]1C[C@H]2CC[C@]1(CS(=O)(=O)N(C1CCCCC1)C1CCCCC1)C2(C)C)C(C)O. The van der Waals surface area contributed by atoms with Crippen LogP contribution in [-0.4, -0.2) is 53.8 Å². The summed E-state index contributed by atoms with van der Waals surface area (Å²) >= 11 is 0. The Morgan fingerprint density at radius 1 is 1.03 bits per heavy atom. The second-order valence-corrected chi connectivity index (χ2v) is 14.0. The van der Waals surface area contributed by atoms with Crippen LogP contribution in [0.5, 0.6) is 0 Å². The third-order valence-electron chi connectivity index (χ3n) is 10.0. The first kappa shape index (κ1) is 26.2. The lowest BCUT2D eigenvalue weighted by molar-refractivity contribution is -0.152. The Hall–Kier alpha value is -0.920. The Morgan fingerprint density at radius 3 is 2.03 bits per heavy atom. The number of esters is 1. The number of sulfonamides is 1. The summed E-state index contributed by atoms with van der Waals surface area (Å²) < 4.78 is 36.6. The molecule has 4 saturated carbocycles. The Labute approximate surface area is 206 Å². The van der Waals surface area contributed by atoms with Gasteiger partial charge in [-0.2, -0.15) is 4.31 Å². The second kappa shape index (κ2) is 9.85. The van der Waals surface area contributed by atoms with Gasteiger partial charge in [0, 0.05) is 17.5 Å². The molecule has 1 N–H and O–H groups in total. The molecule has 4 aliphatic carbocycles. The van der Waals surface area contributed by atoms with Gasteiger partial charge in [0.15, 0.2) is 0 Å². The minimum atomic E-state index is -3.56. The van der Waals surface area contributed by atoms with Crippen LogP contribution in [0.3, 0.4) is 0 Å². The predicted molar refractivity (Wildman–Crippen MR) is 134 cm³/mol. The van der Waals surface area contributed by atoms with Gasteiger partial charge >= 0.3 is 5.97 Å². The number of fused-ring (bicyclic) bond motifs is 2. The van der Waals surface area contributed by atoms with Crippen molar-refractivity contribution < 1.29 is 23.1 Å². The summed E-state index contributed by atoms with van der Waals surface area (Å²) in [5.74, 6) is -0.218. The molecule has 4 fully saturated rings. The molecule has 7 heteroatoms. The van der Waals surface area contributed by atoms with Crippen molar-refractivity contribution in [3.05, 3.63) is 12.2 Å². The van der Waals surface area contributed by atoms with Crippen molar-refractivity contribution >= 4 is 16.0 Å². The van der Waals surface area contributed by atoms with Crippen molar-refractivity contribution in [1.82, 2.24) is 4.31 Å². The van der Waals surface area contributed by atoms with Gasteiger partial charge in [-0.05, 0) is 63.2 Å². The maximum Gasteiger partial charge on any atom is 0.336 e. The third-order valence-corrected chi connectivity index (χ3v) is 12.1. The number of rotatable bonds is 8. The van der Waals surface area contributed by atoms with E-state index in [0.29, 0.717) is 12.3 Å². The van der Waals surface area contributed by atoms with Gasteiger partial charge < -0.3 is 9.84 Å². The van der Waals surface area contributed by atoms with Crippen LogP contribution in [-0.2, 0) is 19.6 Å². The molecule has 6 nitrogen and oxygen atoms in total. The van der Waals surface area contributed by atoms with Crippen molar-refractivity contribution in [3.8, 4) is 0 Å². The maximum atomic E-state index is 14.4. The van der Waals surface area contributed by atoms with Gasteiger partial charge in [-0.15, -0.1) is 0 Å². The summed E-state index contributed by atoms with van der Waals surface area (Å²) in [7, 11) is -3.56. The maximum absolute atomic E-state index is 14.4. The molecule has 0 amide bonds. The molecular formula is C27H45NO5S. The Bertz CT molecular complexity index is 851. The molecule has 0 radical (unpaired) electrons. The van der Waals surface area contributed by atoms with E-state index in [4.69, 9.17) is 4.74 Å². The average molecular weight is 496 g/mol. The molecule has 2 bridgehead atoms. The smallest absolute Gasteiger partial charge is 0.336 e. The standard InChI is InChI=1S/C27H45NO5S/c1-19(20(2)29)25(30)33-24-17-21-15-16-27(24,26(21,3)4)18-34(31,32)28(22-11-7-5-8-12-22)23-13-9-6-10-14-23/h20-24,29H,1,5-18H2,2-4H3/t20?,21-,24-,27-/m1/s1. The van der Waals surface area contributed by atoms with Crippen LogP contribution in [0.4, 0.5) is 0 Å². The van der Waals surface area contributed by atoms with E-state index in [2.05, 4.69) is 20.4 Å². The molecule has 0 heterocycles. The molecule has 194 valence electrons. The molecule has 4 aliphatic rings. The molecule has 0 aromatic rings. The van der Waals surface area contributed by atoms with Crippen molar-refractivity contribution in [2.75, 3.05) is 5.75 Å². The number of hydrogen-bond donors (Lipinski definition) is 1. The number of carbonyl (C=O) groups is 1. The van der Waals surface area contributed by atoms with Gasteiger partial charge in [0.25, 0.3) is 0 Å². The first-order chi connectivity index (χ1) is 16.0. The van der Waals surface area contributed by atoms with E-state index in [1.54, 1.807) is 0 Å². The van der Waals surface area contributed by atoms with E-state index < -0.39 is 33.6 Å². The van der Waals surface area contributed by atoms with E-state index in [-0.39, 0.29) is 28.8 Å². The van der Waals surface area contributed by atoms with Crippen molar-refractivity contribution in [2.45, 2.75) is 129 Å². The number of aliphatic hydroxyl groups excluding tert-OH is 1. The van der Waals surface area contributed by atoms with Gasteiger partial charge in [-0.1, -0.05) is 59.0 Å². The molecule has 34 heavy (non-hydrogen) atoms. The molecule has 0 aliphatic heterocycles. The molecule has 1 unspecified atom stereocenters. The lowest BCUT2D eigenvalue weighted by Crippen LogP contribution is -2.54. The fraction of sp³-hybridized carbons (Fsp3) is 0.889. The van der Waals surface area contributed by atoms with Crippen LogP contribution in [0.2, 0.25) is 0 Å². The molecule has 0 spiro atoms. The van der Waals surface area contributed by atoms with Crippen molar-refractivity contribution in [1.29, 1.82) is 0 Å². The largest absolute Gasteiger partial charge is 0.458 e. The highest BCUT2D eigenvalue weighted by molar-refractivity contribution is 7.89. The third kappa shape index (κ3) is 4.61. The van der Waals surface area contributed by atoms with Gasteiger partial charge in [-0.25, -0.2) is 13.2 Å². The molecule has 0 aromatic carbocycles. The Balaban J connectivity index is 1.64. The average Bonchev–Trinajstić information content (AvgIpc) is 3.14. The van der Waals surface area contributed by atoms with Gasteiger partial charge in [0.2, 0.25) is 10.0 Å². The van der Waals surface area contributed by atoms with Crippen LogP contribution in [0.25, 0.3) is 0 Å². The summed E-state index contributed by atoms with van der Waals surface area (Å²) in [6.07, 6.45) is 11.6. The lowest BCUT2D eigenvalue weighted by Gasteiger charge is -2.46. The van der Waals surface area contributed by atoms with Gasteiger partial charge in [-0.3, -0.25) is 0 Å². The zero-order valence-electron chi connectivity index (χ0n) is 21.4. The van der Waals surface area contributed by atoms with Crippen LogP contribution in [0, 0.1) is 16.7 Å². The molecular weight excluding hydrogens is 450 g/mol. The number of aliphatic hydroxyl groups is 1. The zero-order valence-corrected chi connectivity index (χ0v) is 22.2. The van der Waals surface area contributed by atoms with Crippen LogP contribution >= 0.6 is 0 Å². The molecule has 4 rings (SSSR count). The minimum absolute atomic E-state index is 0.0321. The fourth-order valence-corrected chi connectivity index (χ4v) is 10.5. The van der Waals surface area contributed by atoms with Crippen LogP contribution in [0.1, 0.15) is 104 Å². The van der Waals surface area contributed by atoms with E-state index in [1.807, 2.05) is 4.31 Å². The van der Waals surface area contributed by atoms with E-state index in [1.165, 1.54) is 19.8 Å². The normalized spacial score (nSPS) is 33.2. The lowest BCUT2D eigenvalue weighted by atomic mass is 9.69. The second-order valence-electron chi connectivity index (χ2n) is 12.1. The topological polar surface area (TPSA) is 83.9 Å². The zero-order chi connectivity index (χ0) is 24.7. The number of ether oxygens (including phenoxy) is 1. The van der Waals surface area contributed by atoms with Crippen LogP contribution in [0.15, 0.2) is 12.2 Å². The van der Waals surface area contributed by atoms with Gasteiger partial charge in [0.05, 0.1) is 17.4 Å². The highest BCUT2D eigenvalue weighted by Crippen LogP contribution is 2.67. The van der Waals surface area contributed by atoms with Crippen molar-refractivity contribution in [2.24, 2.45) is 16.7 Å². The quantitative estimate of drug-likeness (QED) is 0.380. The summed E-state index contributed by atoms with van der Waals surface area (Å²) in [6, 6.07) is 0.215. The fourth-order valence-electron chi connectivity index (χ4n) is 7.70. The molecule has 4 atom stereocenters.